The number of nitrogens with zero attached hydrogens (tertiary/aromatic N) is 2. The van der Waals surface area contributed by atoms with Crippen LogP contribution in [0, 0.1) is 11.3 Å². The van der Waals surface area contributed by atoms with Crippen LogP contribution in [0.4, 0.5) is 0 Å². The van der Waals surface area contributed by atoms with Crippen LogP contribution in [-0.4, -0.2) is 16.5 Å². The zero-order chi connectivity index (χ0) is 11.9. The van der Waals surface area contributed by atoms with Crippen molar-refractivity contribution in [2.24, 2.45) is 0 Å². The van der Waals surface area contributed by atoms with E-state index in [0.717, 1.165) is 12.8 Å². The van der Waals surface area contributed by atoms with Crippen LogP contribution in [0.25, 0.3) is 0 Å². The number of benzene rings is 1. The highest BCUT2D eigenvalue weighted by Gasteiger charge is 2.53. The third-order valence-electron chi connectivity index (χ3n) is 4.58. The second-order valence-corrected chi connectivity index (χ2v) is 5.37. The monoisotopic (exact) mass is 226 g/mol. The highest BCUT2D eigenvalue weighted by Crippen LogP contribution is 2.50. The predicted octanol–water partition coefficient (Wildman–Crippen LogP) is 3.27. The minimum atomic E-state index is -0.167. The summed E-state index contributed by atoms with van der Waals surface area (Å²) in [7, 11) is 0. The van der Waals surface area contributed by atoms with Gasteiger partial charge in [0.05, 0.1) is 6.07 Å². The van der Waals surface area contributed by atoms with E-state index in [9.17, 15) is 5.26 Å². The van der Waals surface area contributed by atoms with E-state index in [4.69, 9.17) is 0 Å². The summed E-state index contributed by atoms with van der Waals surface area (Å²) in [6.45, 7) is 2.24. The molecule has 0 aromatic heterocycles. The van der Waals surface area contributed by atoms with Crippen molar-refractivity contribution in [2.75, 3.05) is 0 Å². The van der Waals surface area contributed by atoms with E-state index < -0.39 is 0 Å². The van der Waals surface area contributed by atoms with Crippen LogP contribution in [0.15, 0.2) is 30.3 Å². The standard InChI is InChI=1S/C15H18N2/c1-12(13-5-3-2-4-6-13)17-14-7-9-15(17,11-16)10-8-14/h2-6,12,14H,7-10H2,1H3/t12-,14?,15?/m0/s1. The fraction of sp³-hybridized carbons (Fsp3) is 0.533. The summed E-state index contributed by atoms with van der Waals surface area (Å²) < 4.78 is 0. The molecule has 2 aliphatic heterocycles. The summed E-state index contributed by atoms with van der Waals surface area (Å²) in [5.41, 5.74) is 1.17. The van der Waals surface area contributed by atoms with E-state index in [1.54, 1.807) is 0 Å². The average Bonchev–Trinajstić information content (AvgIpc) is 2.94. The fourth-order valence-corrected chi connectivity index (χ4v) is 3.71. The van der Waals surface area contributed by atoms with E-state index in [2.05, 4.69) is 48.2 Å². The van der Waals surface area contributed by atoms with Crippen molar-refractivity contribution in [3.05, 3.63) is 35.9 Å². The number of nitriles is 1. The van der Waals surface area contributed by atoms with Crippen molar-refractivity contribution < 1.29 is 0 Å². The molecular weight excluding hydrogens is 208 g/mol. The van der Waals surface area contributed by atoms with Crippen LogP contribution in [0.3, 0.4) is 0 Å². The maximum Gasteiger partial charge on any atom is 0.110 e. The molecule has 0 amide bonds. The average molecular weight is 226 g/mol. The topological polar surface area (TPSA) is 27.0 Å². The van der Waals surface area contributed by atoms with Gasteiger partial charge >= 0.3 is 0 Å². The van der Waals surface area contributed by atoms with E-state index in [1.807, 2.05) is 0 Å². The highest BCUT2D eigenvalue weighted by molar-refractivity contribution is 5.25. The molecular formula is C15H18N2. The third kappa shape index (κ3) is 1.50. The van der Waals surface area contributed by atoms with Gasteiger partial charge in [0.15, 0.2) is 0 Å². The Labute approximate surface area is 103 Å². The first-order chi connectivity index (χ1) is 8.27. The Morgan fingerprint density at radius 3 is 2.53 bits per heavy atom. The van der Waals surface area contributed by atoms with E-state index in [-0.39, 0.29) is 5.54 Å². The van der Waals surface area contributed by atoms with Gasteiger partial charge in [0.2, 0.25) is 0 Å². The Hall–Kier alpha value is -1.33. The molecule has 2 nitrogen and oxygen atoms in total. The summed E-state index contributed by atoms with van der Waals surface area (Å²) in [5.74, 6) is 0. The molecule has 0 spiro atoms. The van der Waals surface area contributed by atoms with Crippen LogP contribution >= 0.6 is 0 Å². The largest absolute Gasteiger partial charge is 0.276 e. The van der Waals surface area contributed by atoms with Gasteiger partial charge in [-0.05, 0) is 38.2 Å². The Kier molecular flexibility index (Phi) is 2.45. The molecule has 1 atom stereocenters. The summed E-state index contributed by atoms with van der Waals surface area (Å²) in [6.07, 6.45) is 4.52. The van der Waals surface area contributed by atoms with Crippen molar-refractivity contribution >= 4 is 0 Å². The van der Waals surface area contributed by atoms with Crippen LogP contribution < -0.4 is 0 Å². The maximum atomic E-state index is 9.52. The van der Waals surface area contributed by atoms with Crippen LogP contribution in [0.5, 0.6) is 0 Å². The first-order valence-corrected chi connectivity index (χ1v) is 6.51. The normalized spacial score (nSPS) is 33.5. The van der Waals surface area contributed by atoms with E-state index >= 15 is 0 Å². The molecule has 17 heavy (non-hydrogen) atoms. The lowest BCUT2D eigenvalue weighted by Crippen LogP contribution is -2.41. The van der Waals surface area contributed by atoms with Gasteiger partial charge in [-0.3, -0.25) is 4.90 Å². The predicted molar refractivity (Wildman–Crippen MR) is 67.3 cm³/mol. The molecule has 2 heteroatoms. The SMILES string of the molecule is C[C@@H](c1ccccc1)N1C2CCC1(C#N)CC2. The summed E-state index contributed by atoms with van der Waals surface area (Å²) in [5, 5.41) is 9.52. The molecule has 2 bridgehead atoms. The second-order valence-electron chi connectivity index (χ2n) is 5.37. The lowest BCUT2D eigenvalue weighted by Gasteiger charge is -2.34. The molecule has 0 radical (unpaired) electrons. The molecule has 0 saturated carbocycles. The van der Waals surface area contributed by atoms with Crippen molar-refractivity contribution in [1.82, 2.24) is 4.90 Å². The molecule has 0 unspecified atom stereocenters. The second kappa shape index (κ2) is 3.85. The lowest BCUT2D eigenvalue weighted by atomic mass is 9.89. The van der Waals surface area contributed by atoms with Gasteiger partial charge < -0.3 is 0 Å². The fourth-order valence-electron chi connectivity index (χ4n) is 3.71. The zero-order valence-electron chi connectivity index (χ0n) is 10.3. The smallest absolute Gasteiger partial charge is 0.110 e. The number of hydrogen-bond acceptors (Lipinski definition) is 2. The lowest BCUT2D eigenvalue weighted by molar-refractivity contribution is 0.147. The van der Waals surface area contributed by atoms with E-state index in [0.29, 0.717) is 12.1 Å². The Bertz CT molecular complexity index is 438. The third-order valence-corrected chi connectivity index (χ3v) is 4.58. The Balaban J connectivity index is 1.93. The quantitative estimate of drug-likeness (QED) is 0.774. The molecule has 2 heterocycles. The molecule has 1 aromatic carbocycles. The van der Waals surface area contributed by atoms with Crippen LogP contribution in [-0.2, 0) is 0 Å². The van der Waals surface area contributed by atoms with Gasteiger partial charge in [0.25, 0.3) is 0 Å². The number of rotatable bonds is 2. The van der Waals surface area contributed by atoms with Crippen LogP contribution in [0.2, 0.25) is 0 Å². The van der Waals surface area contributed by atoms with Gasteiger partial charge in [-0.1, -0.05) is 30.3 Å². The number of fused-ring (bicyclic) bond motifs is 2. The minimum Gasteiger partial charge on any atom is -0.276 e. The van der Waals surface area contributed by atoms with Crippen molar-refractivity contribution in [3.63, 3.8) is 0 Å². The molecule has 0 aliphatic carbocycles. The number of hydrogen-bond donors (Lipinski definition) is 0. The highest BCUT2D eigenvalue weighted by atomic mass is 15.3. The van der Waals surface area contributed by atoms with Crippen molar-refractivity contribution in [3.8, 4) is 6.07 Å². The summed E-state index contributed by atoms with van der Waals surface area (Å²) in [4.78, 5) is 2.47. The molecule has 2 fully saturated rings. The summed E-state index contributed by atoms with van der Waals surface area (Å²) >= 11 is 0. The van der Waals surface area contributed by atoms with Gasteiger partial charge in [0, 0.05) is 12.1 Å². The first kappa shape index (κ1) is 10.8. The van der Waals surface area contributed by atoms with Gasteiger partial charge in [0.1, 0.15) is 5.54 Å². The Morgan fingerprint density at radius 2 is 1.94 bits per heavy atom. The van der Waals surface area contributed by atoms with E-state index in [1.165, 1.54) is 18.4 Å². The Morgan fingerprint density at radius 1 is 1.29 bits per heavy atom. The van der Waals surface area contributed by atoms with Gasteiger partial charge in [-0.2, -0.15) is 5.26 Å². The minimum absolute atomic E-state index is 0.167. The molecule has 2 aliphatic rings. The van der Waals surface area contributed by atoms with Crippen LogP contribution in [0.1, 0.15) is 44.2 Å². The van der Waals surface area contributed by atoms with Crippen molar-refractivity contribution in [2.45, 2.75) is 50.2 Å². The van der Waals surface area contributed by atoms with Gasteiger partial charge in [-0.25, -0.2) is 0 Å². The molecule has 3 rings (SSSR count). The molecule has 1 aromatic rings. The molecule has 0 N–H and O–H groups in total. The van der Waals surface area contributed by atoms with Crippen molar-refractivity contribution in [1.29, 1.82) is 5.26 Å². The summed E-state index contributed by atoms with van der Waals surface area (Å²) in [6, 6.07) is 14.2. The maximum absolute atomic E-state index is 9.52. The molecule has 2 saturated heterocycles. The zero-order valence-corrected chi connectivity index (χ0v) is 10.3. The molecule has 88 valence electrons. The first-order valence-electron chi connectivity index (χ1n) is 6.51. The van der Waals surface area contributed by atoms with Gasteiger partial charge in [-0.15, -0.1) is 0 Å².